The maximum absolute atomic E-state index is 13.5. The number of hydrogen-bond acceptors (Lipinski definition) is 4. The highest BCUT2D eigenvalue weighted by Crippen LogP contribution is 2.40. The Hall–Kier alpha value is -3.83. The molecule has 6 heteroatoms. The third-order valence-corrected chi connectivity index (χ3v) is 6.12. The van der Waals surface area contributed by atoms with Crippen LogP contribution in [0, 0.1) is 0 Å². The fraction of sp³-hybridized carbons (Fsp3) is 0.111. The maximum Gasteiger partial charge on any atom is 0.290 e. The number of amides is 1. The minimum absolute atomic E-state index is 0.00874. The smallest absolute Gasteiger partial charge is 0.290 e. The van der Waals surface area contributed by atoms with Crippen LogP contribution in [0.2, 0.25) is 5.02 Å². The molecule has 164 valence electrons. The lowest BCUT2D eigenvalue weighted by Gasteiger charge is -2.26. The van der Waals surface area contributed by atoms with Gasteiger partial charge in [-0.1, -0.05) is 72.3 Å². The van der Waals surface area contributed by atoms with Gasteiger partial charge in [0.1, 0.15) is 5.58 Å². The Morgan fingerprint density at radius 2 is 1.67 bits per heavy atom. The highest BCUT2D eigenvalue weighted by molar-refractivity contribution is 6.30. The number of fused-ring (bicyclic) bond motifs is 1. The Morgan fingerprint density at radius 1 is 0.970 bits per heavy atom. The van der Waals surface area contributed by atoms with Crippen LogP contribution in [0.25, 0.3) is 11.0 Å². The van der Waals surface area contributed by atoms with Gasteiger partial charge in [0.15, 0.2) is 11.5 Å². The number of para-hydroxylation sites is 1. The van der Waals surface area contributed by atoms with Crippen LogP contribution in [0.1, 0.15) is 27.7 Å². The van der Waals surface area contributed by atoms with Crippen molar-refractivity contribution in [2.45, 2.75) is 12.5 Å². The van der Waals surface area contributed by atoms with Gasteiger partial charge in [-0.05, 0) is 41.8 Å². The molecule has 1 aliphatic heterocycles. The van der Waals surface area contributed by atoms with Crippen LogP contribution >= 0.6 is 11.6 Å². The molecule has 0 bridgehead atoms. The monoisotopic (exact) mass is 457 g/mol. The summed E-state index contributed by atoms with van der Waals surface area (Å²) in [5.74, 6) is -1.56. The molecular formula is C27H20ClNO4. The Bertz CT molecular complexity index is 1340. The van der Waals surface area contributed by atoms with Crippen molar-refractivity contribution in [2.75, 3.05) is 6.54 Å². The van der Waals surface area contributed by atoms with Gasteiger partial charge < -0.3 is 14.4 Å². The number of rotatable bonds is 6. The maximum atomic E-state index is 13.5. The van der Waals surface area contributed by atoms with Gasteiger partial charge in [-0.25, -0.2) is 0 Å². The van der Waals surface area contributed by atoms with Crippen LogP contribution in [0.3, 0.4) is 0 Å². The van der Waals surface area contributed by atoms with Gasteiger partial charge in [-0.3, -0.25) is 9.59 Å². The second-order valence-corrected chi connectivity index (χ2v) is 8.36. The van der Waals surface area contributed by atoms with Crippen molar-refractivity contribution in [3.63, 3.8) is 0 Å². The molecule has 0 saturated heterocycles. The number of benzene rings is 3. The van der Waals surface area contributed by atoms with Gasteiger partial charge >= 0.3 is 0 Å². The number of nitrogens with zero attached hydrogens (tertiary/aromatic N) is 1. The fourth-order valence-corrected chi connectivity index (χ4v) is 4.35. The van der Waals surface area contributed by atoms with Crippen LogP contribution in [0.4, 0.5) is 0 Å². The SMILES string of the molecule is O=C(C1=C(O)C(=O)N(CCc2ccccc2)C1c1ccc(Cl)cc1)c1cc2ccccc2o1. The summed E-state index contributed by atoms with van der Waals surface area (Å²) < 4.78 is 5.75. The molecule has 1 aliphatic rings. The second kappa shape index (κ2) is 8.60. The number of halogens is 1. The first kappa shape index (κ1) is 21.0. The Kier molecular flexibility index (Phi) is 5.48. The van der Waals surface area contributed by atoms with Crippen LogP contribution in [-0.4, -0.2) is 28.2 Å². The van der Waals surface area contributed by atoms with Crippen LogP contribution in [0.15, 0.2) is 101 Å². The van der Waals surface area contributed by atoms with E-state index in [0.717, 1.165) is 10.9 Å². The van der Waals surface area contributed by atoms with Crippen molar-refractivity contribution in [1.29, 1.82) is 0 Å². The zero-order chi connectivity index (χ0) is 22.9. The van der Waals surface area contributed by atoms with Crippen molar-refractivity contribution in [3.8, 4) is 0 Å². The summed E-state index contributed by atoms with van der Waals surface area (Å²) in [6.07, 6.45) is 0.579. The van der Waals surface area contributed by atoms with E-state index in [4.69, 9.17) is 16.0 Å². The third-order valence-electron chi connectivity index (χ3n) is 5.87. The molecule has 1 N–H and O–H groups in total. The van der Waals surface area contributed by atoms with Crippen LogP contribution < -0.4 is 0 Å². The summed E-state index contributed by atoms with van der Waals surface area (Å²) in [5, 5.41) is 12.1. The lowest BCUT2D eigenvalue weighted by atomic mass is 9.95. The quantitative estimate of drug-likeness (QED) is 0.365. The molecule has 0 radical (unpaired) electrons. The number of aliphatic hydroxyl groups is 1. The van der Waals surface area contributed by atoms with Crippen molar-refractivity contribution in [2.24, 2.45) is 0 Å². The number of ketones is 1. The molecule has 0 aliphatic carbocycles. The molecule has 0 fully saturated rings. The highest BCUT2D eigenvalue weighted by atomic mass is 35.5. The van der Waals surface area contributed by atoms with Crippen molar-refractivity contribution >= 4 is 34.3 Å². The summed E-state index contributed by atoms with van der Waals surface area (Å²) in [6.45, 7) is 0.330. The molecule has 4 aromatic rings. The first-order chi connectivity index (χ1) is 16.0. The van der Waals surface area contributed by atoms with Gasteiger partial charge in [-0.2, -0.15) is 0 Å². The number of carbonyl (C=O) groups is 2. The van der Waals surface area contributed by atoms with E-state index in [-0.39, 0.29) is 11.3 Å². The van der Waals surface area contributed by atoms with E-state index in [0.29, 0.717) is 29.1 Å². The molecule has 1 amide bonds. The molecule has 0 spiro atoms. The molecule has 3 aromatic carbocycles. The van der Waals surface area contributed by atoms with Crippen molar-refractivity contribution in [1.82, 2.24) is 4.90 Å². The van der Waals surface area contributed by atoms with Crippen molar-refractivity contribution < 1.29 is 19.1 Å². The van der Waals surface area contributed by atoms with E-state index < -0.39 is 23.5 Å². The van der Waals surface area contributed by atoms with E-state index in [1.54, 1.807) is 36.4 Å². The normalized spacial score (nSPS) is 16.1. The molecule has 5 rings (SSSR count). The van der Waals surface area contributed by atoms with E-state index in [1.165, 1.54) is 4.90 Å². The molecule has 2 heterocycles. The molecule has 1 aromatic heterocycles. The van der Waals surface area contributed by atoms with Crippen LogP contribution in [0.5, 0.6) is 0 Å². The van der Waals surface area contributed by atoms with Crippen LogP contribution in [-0.2, 0) is 11.2 Å². The Morgan fingerprint density at radius 3 is 2.39 bits per heavy atom. The Labute approximate surface area is 195 Å². The minimum Gasteiger partial charge on any atom is -0.503 e. The molecule has 5 nitrogen and oxygen atoms in total. The number of Topliss-reactive ketones (excluding diaryl/α,β-unsaturated/α-hetero) is 1. The molecule has 1 atom stereocenters. The molecule has 0 saturated carbocycles. The average molecular weight is 458 g/mol. The van der Waals surface area contributed by atoms with E-state index in [9.17, 15) is 14.7 Å². The molecule has 1 unspecified atom stereocenters. The largest absolute Gasteiger partial charge is 0.503 e. The average Bonchev–Trinajstić information content (AvgIpc) is 3.38. The fourth-order valence-electron chi connectivity index (χ4n) is 4.23. The first-order valence-corrected chi connectivity index (χ1v) is 11.0. The first-order valence-electron chi connectivity index (χ1n) is 10.6. The standard InChI is InChI=1S/C27H20ClNO4/c28-20-12-10-18(11-13-20)24-23(25(30)22-16-19-8-4-5-9-21(19)33-22)26(31)27(32)29(24)15-14-17-6-2-1-3-7-17/h1-13,16,24,31H,14-15H2. The minimum atomic E-state index is -0.751. The van der Waals surface area contributed by atoms with Gasteiger partial charge in [0.05, 0.1) is 11.6 Å². The third kappa shape index (κ3) is 3.92. The lowest BCUT2D eigenvalue weighted by Crippen LogP contribution is -2.33. The molecular weight excluding hydrogens is 438 g/mol. The zero-order valence-electron chi connectivity index (χ0n) is 17.6. The summed E-state index contributed by atoms with van der Waals surface area (Å²) >= 11 is 6.07. The summed E-state index contributed by atoms with van der Waals surface area (Å²) in [7, 11) is 0. The second-order valence-electron chi connectivity index (χ2n) is 7.93. The number of hydrogen-bond donors (Lipinski definition) is 1. The predicted octanol–water partition coefficient (Wildman–Crippen LogP) is 5.91. The molecule has 33 heavy (non-hydrogen) atoms. The van der Waals surface area contributed by atoms with E-state index >= 15 is 0 Å². The van der Waals surface area contributed by atoms with E-state index in [2.05, 4.69) is 0 Å². The summed E-state index contributed by atoms with van der Waals surface area (Å²) in [5.41, 5.74) is 2.31. The van der Waals surface area contributed by atoms with Gasteiger partial charge in [0.25, 0.3) is 5.91 Å². The van der Waals surface area contributed by atoms with Gasteiger partial charge in [0, 0.05) is 17.0 Å². The summed E-state index contributed by atoms with van der Waals surface area (Å²) in [4.78, 5) is 28.2. The predicted molar refractivity (Wildman–Crippen MR) is 126 cm³/mol. The number of carbonyl (C=O) groups excluding carboxylic acids is 2. The topological polar surface area (TPSA) is 70.8 Å². The lowest BCUT2D eigenvalue weighted by molar-refractivity contribution is -0.129. The summed E-state index contributed by atoms with van der Waals surface area (Å²) in [6, 6.07) is 24.8. The zero-order valence-corrected chi connectivity index (χ0v) is 18.3. The number of aliphatic hydroxyl groups excluding tert-OH is 1. The number of furan rings is 1. The van der Waals surface area contributed by atoms with Gasteiger partial charge in [-0.15, -0.1) is 0 Å². The van der Waals surface area contributed by atoms with Crippen molar-refractivity contribution in [3.05, 3.63) is 118 Å². The van der Waals surface area contributed by atoms with Gasteiger partial charge in [0.2, 0.25) is 5.78 Å². The Balaban J connectivity index is 1.54. The van der Waals surface area contributed by atoms with E-state index in [1.807, 2.05) is 48.5 Å². The highest BCUT2D eigenvalue weighted by Gasteiger charge is 2.44.